The van der Waals surface area contributed by atoms with Gasteiger partial charge in [-0.15, -0.1) is 0 Å². The third-order valence-electron chi connectivity index (χ3n) is 2.95. The summed E-state index contributed by atoms with van der Waals surface area (Å²) in [7, 11) is 0. The van der Waals surface area contributed by atoms with Gasteiger partial charge in [0.05, 0.1) is 6.10 Å². The average molecular weight is 236 g/mol. The zero-order valence-corrected chi connectivity index (χ0v) is 11.3. The maximum atomic E-state index is 10.0. The monoisotopic (exact) mass is 236 g/mol. The van der Waals surface area contributed by atoms with Crippen molar-refractivity contribution in [2.45, 2.75) is 53.1 Å². The van der Waals surface area contributed by atoms with Crippen molar-refractivity contribution < 1.29 is 10.2 Å². The summed E-state index contributed by atoms with van der Waals surface area (Å²) in [5, 5.41) is 19.8. The Morgan fingerprint density at radius 3 is 2.41 bits per heavy atom. The Morgan fingerprint density at radius 1 is 1.24 bits per heavy atom. The molecule has 1 rings (SSSR count). The van der Waals surface area contributed by atoms with Crippen LogP contribution in [-0.2, 0) is 0 Å². The molecule has 0 radical (unpaired) electrons. The van der Waals surface area contributed by atoms with Crippen molar-refractivity contribution in [2.75, 3.05) is 0 Å². The smallest absolute Gasteiger partial charge is 0.121 e. The fourth-order valence-corrected chi connectivity index (χ4v) is 1.92. The second-order valence-electron chi connectivity index (χ2n) is 6.03. The van der Waals surface area contributed by atoms with E-state index >= 15 is 0 Å². The quantitative estimate of drug-likeness (QED) is 0.831. The molecule has 1 aromatic rings. The maximum absolute atomic E-state index is 10.0. The molecule has 0 spiro atoms. The highest BCUT2D eigenvalue weighted by atomic mass is 16.3. The first-order chi connectivity index (χ1) is 7.79. The zero-order valence-electron chi connectivity index (χ0n) is 11.3. The van der Waals surface area contributed by atoms with Gasteiger partial charge in [-0.25, -0.2) is 0 Å². The predicted octanol–water partition coefficient (Wildman–Crippen LogP) is 3.95. The van der Waals surface area contributed by atoms with E-state index in [1.54, 1.807) is 6.07 Å². The minimum Gasteiger partial charge on any atom is -0.508 e. The third-order valence-corrected chi connectivity index (χ3v) is 2.95. The van der Waals surface area contributed by atoms with Gasteiger partial charge < -0.3 is 10.2 Å². The van der Waals surface area contributed by atoms with Crippen molar-refractivity contribution in [3.8, 4) is 5.75 Å². The molecule has 1 atom stereocenters. The molecule has 2 N–H and O–H groups in total. The van der Waals surface area contributed by atoms with Crippen LogP contribution in [-0.4, -0.2) is 10.2 Å². The summed E-state index contributed by atoms with van der Waals surface area (Å²) < 4.78 is 0. The van der Waals surface area contributed by atoms with E-state index < -0.39 is 6.10 Å². The number of hydrogen-bond acceptors (Lipinski definition) is 2. The maximum Gasteiger partial charge on any atom is 0.121 e. The molecule has 1 aromatic carbocycles. The summed E-state index contributed by atoms with van der Waals surface area (Å²) in [4.78, 5) is 0. The lowest BCUT2D eigenvalue weighted by Gasteiger charge is -2.19. The molecule has 17 heavy (non-hydrogen) atoms. The molecule has 0 saturated heterocycles. The highest BCUT2D eigenvalue weighted by Gasteiger charge is 2.15. The van der Waals surface area contributed by atoms with Crippen LogP contribution in [0.4, 0.5) is 0 Å². The molecule has 1 unspecified atom stereocenters. The molecule has 0 heterocycles. The van der Waals surface area contributed by atoms with Crippen molar-refractivity contribution in [3.05, 3.63) is 29.3 Å². The topological polar surface area (TPSA) is 40.5 Å². The first-order valence-corrected chi connectivity index (χ1v) is 6.27. The lowest BCUT2D eigenvalue weighted by molar-refractivity contribution is 0.154. The van der Waals surface area contributed by atoms with Gasteiger partial charge in [-0.1, -0.05) is 39.3 Å². The molecule has 0 fully saturated rings. The Balaban J connectivity index is 2.55. The van der Waals surface area contributed by atoms with Gasteiger partial charge in [0.1, 0.15) is 5.75 Å². The summed E-state index contributed by atoms with van der Waals surface area (Å²) in [6, 6.07) is 5.43. The minimum atomic E-state index is -0.557. The number of aliphatic hydroxyl groups is 1. The first kappa shape index (κ1) is 14.0. The van der Waals surface area contributed by atoms with Gasteiger partial charge in [0.25, 0.3) is 0 Å². The van der Waals surface area contributed by atoms with Crippen LogP contribution < -0.4 is 0 Å². The lowest BCUT2D eigenvalue weighted by atomic mass is 9.88. The van der Waals surface area contributed by atoms with E-state index in [-0.39, 0.29) is 5.75 Å². The van der Waals surface area contributed by atoms with Gasteiger partial charge in [0.15, 0.2) is 0 Å². The first-order valence-electron chi connectivity index (χ1n) is 6.27. The van der Waals surface area contributed by atoms with Crippen molar-refractivity contribution in [1.29, 1.82) is 0 Å². The number of hydrogen-bond donors (Lipinski definition) is 2. The van der Waals surface area contributed by atoms with E-state index in [1.165, 1.54) is 0 Å². The van der Waals surface area contributed by atoms with Gasteiger partial charge in [0.2, 0.25) is 0 Å². The molecule has 2 nitrogen and oxygen atoms in total. The summed E-state index contributed by atoms with van der Waals surface area (Å²) in [6.07, 6.45) is 2.20. The van der Waals surface area contributed by atoms with Crippen LogP contribution in [0.1, 0.15) is 57.3 Å². The molecule has 96 valence electrons. The molecular formula is C15H24O2. The Kier molecular flexibility index (Phi) is 4.58. The Bertz CT molecular complexity index is 364. The largest absolute Gasteiger partial charge is 0.508 e. The number of rotatable bonds is 4. The summed E-state index contributed by atoms with van der Waals surface area (Å²) in [6.45, 7) is 8.52. The number of aromatic hydroxyl groups is 1. The fraction of sp³-hybridized carbons (Fsp3) is 0.600. The van der Waals surface area contributed by atoms with Crippen LogP contribution in [0, 0.1) is 12.3 Å². The van der Waals surface area contributed by atoms with E-state index in [1.807, 2.05) is 19.1 Å². The van der Waals surface area contributed by atoms with E-state index in [0.717, 1.165) is 18.4 Å². The normalized spacial score (nSPS) is 13.7. The summed E-state index contributed by atoms with van der Waals surface area (Å²) in [5.74, 6) is 0.202. The number of benzene rings is 1. The molecule has 0 aliphatic carbocycles. The van der Waals surface area contributed by atoms with Gasteiger partial charge in [0, 0.05) is 5.56 Å². The second kappa shape index (κ2) is 5.54. The molecule has 0 aliphatic rings. The van der Waals surface area contributed by atoms with Crippen molar-refractivity contribution in [1.82, 2.24) is 0 Å². The van der Waals surface area contributed by atoms with E-state index in [2.05, 4.69) is 20.8 Å². The van der Waals surface area contributed by atoms with Crippen molar-refractivity contribution in [3.63, 3.8) is 0 Å². The number of aliphatic hydroxyl groups excluding tert-OH is 1. The fourth-order valence-electron chi connectivity index (χ4n) is 1.92. The van der Waals surface area contributed by atoms with Crippen LogP contribution >= 0.6 is 0 Å². The molecule has 0 amide bonds. The van der Waals surface area contributed by atoms with Gasteiger partial charge in [-0.3, -0.25) is 0 Å². The standard InChI is InChI=1S/C15H24O2/c1-11-7-8-12(14(17)10-11)13(16)6-5-9-15(2,3)4/h7-8,10,13,16-17H,5-6,9H2,1-4H3. The van der Waals surface area contributed by atoms with Crippen LogP contribution in [0.2, 0.25) is 0 Å². The van der Waals surface area contributed by atoms with Gasteiger partial charge in [-0.2, -0.15) is 0 Å². The van der Waals surface area contributed by atoms with Crippen LogP contribution in [0.5, 0.6) is 5.75 Å². The van der Waals surface area contributed by atoms with Crippen LogP contribution in [0.3, 0.4) is 0 Å². The predicted molar refractivity (Wildman–Crippen MR) is 71.1 cm³/mol. The Labute approximate surface area is 104 Å². The Morgan fingerprint density at radius 2 is 1.88 bits per heavy atom. The Hall–Kier alpha value is -1.02. The summed E-state index contributed by atoms with van der Waals surface area (Å²) >= 11 is 0. The SMILES string of the molecule is Cc1ccc(C(O)CCCC(C)(C)C)c(O)c1. The lowest BCUT2D eigenvalue weighted by Crippen LogP contribution is -2.06. The van der Waals surface area contributed by atoms with E-state index in [9.17, 15) is 10.2 Å². The number of phenols is 1. The highest BCUT2D eigenvalue weighted by Crippen LogP contribution is 2.30. The minimum absolute atomic E-state index is 0.202. The zero-order chi connectivity index (χ0) is 13.1. The van der Waals surface area contributed by atoms with Crippen LogP contribution in [0.25, 0.3) is 0 Å². The number of phenolic OH excluding ortho intramolecular Hbond substituents is 1. The molecule has 0 aliphatic heterocycles. The average Bonchev–Trinajstić information content (AvgIpc) is 2.15. The third kappa shape index (κ3) is 4.78. The second-order valence-corrected chi connectivity index (χ2v) is 6.03. The molecular weight excluding hydrogens is 212 g/mol. The van der Waals surface area contributed by atoms with E-state index in [4.69, 9.17) is 0 Å². The molecule has 2 heteroatoms. The van der Waals surface area contributed by atoms with Gasteiger partial charge >= 0.3 is 0 Å². The number of aryl methyl sites for hydroxylation is 1. The summed E-state index contributed by atoms with van der Waals surface area (Å²) in [5.41, 5.74) is 1.95. The van der Waals surface area contributed by atoms with Crippen molar-refractivity contribution >= 4 is 0 Å². The highest BCUT2D eigenvalue weighted by molar-refractivity contribution is 5.37. The van der Waals surface area contributed by atoms with Gasteiger partial charge in [-0.05, 0) is 36.8 Å². The molecule has 0 bridgehead atoms. The van der Waals surface area contributed by atoms with Crippen molar-refractivity contribution in [2.24, 2.45) is 5.41 Å². The molecule has 0 saturated carbocycles. The molecule has 0 aromatic heterocycles. The van der Waals surface area contributed by atoms with E-state index in [0.29, 0.717) is 17.4 Å². The van der Waals surface area contributed by atoms with Crippen LogP contribution in [0.15, 0.2) is 18.2 Å².